The van der Waals surface area contributed by atoms with Crippen LogP contribution in [-0.2, 0) is 13.2 Å². The van der Waals surface area contributed by atoms with Crippen molar-refractivity contribution in [1.29, 1.82) is 0 Å². The Hall–Kier alpha value is -3.64. The molecule has 0 fully saturated rings. The number of amides is 1. The van der Waals surface area contributed by atoms with Crippen LogP contribution in [0.25, 0.3) is 11.3 Å². The largest absolute Gasteiger partial charge is 0.504 e. The molecule has 1 heterocycles. The van der Waals surface area contributed by atoms with E-state index in [1.54, 1.807) is 32.2 Å². The average Bonchev–Trinajstić information content (AvgIpc) is 3.15. The van der Waals surface area contributed by atoms with Crippen molar-refractivity contribution in [1.82, 2.24) is 20.5 Å². The minimum absolute atomic E-state index is 0.0972. The second kappa shape index (κ2) is 11.6. The number of benzene rings is 2. The molecule has 4 N–H and O–H groups in total. The molecule has 0 saturated carbocycles. The van der Waals surface area contributed by atoms with E-state index < -0.39 is 11.7 Å². The van der Waals surface area contributed by atoms with Crippen molar-refractivity contribution in [3.05, 3.63) is 64.3 Å². The van der Waals surface area contributed by atoms with E-state index in [1.165, 1.54) is 16.8 Å². The molecule has 2 aromatic carbocycles. The highest BCUT2D eigenvalue weighted by molar-refractivity contribution is 7.80. The number of carbonyl (C=O) groups is 1. The lowest BCUT2D eigenvalue weighted by Crippen LogP contribution is -2.26. The third kappa shape index (κ3) is 6.77. The summed E-state index contributed by atoms with van der Waals surface area (Å²) in [6, 6.07) is 9.15. The Morgan fingerprint density at radius 1 is 1.22 bits per heavy atom. The summed E-state index contributed by atoms with van der Waals surface area (Å²) >= 11 is 11.4. The Labute approximate surface area is 221 Å². The zero-order chi connectivity index (χ0) is 27.3. The van der Waals surface area contributed by atoms with Gasteiger partial charge in [-0.3, -0.25) is 14.9 Å². The van der Waals surface area contributed by atoms with Crippen molar-refractivity contribution in [2.45, 2.75) is 26.4 Å². The Morgan fingerprint density at radius 2 is 1.89 bits per heavy atom. The molecule has 0 unspecified atom stereocenters. The molecule has 0 spiro atoms. The van der Waals surface area contributed by atoms with Crippen molar-refractivity contribution in [2.75, 3.05) is 11.9 Å². The van der Waals surface area contributed by atoms with Crippen LogP contribution in [0.2, 0.25) is 5.02 Å². The Morgan fingerprint density at radius 3 is 2.51 bits per heavy atom. The molecule has 37 heavy (non-hydrogen) atoms. The average molecular weight is 553 g/mol. The molecule has 0 aliphatic carbocycles. The third-order valence-electron chi connectivity index (χ3n) is 5.18. The number of rotatable bonds is 7. The number of nitrogens with zero attached hydrogens (tertiary/aromatic N) is 3. The maximum absolute atomic E-state index is 12.9. The summed E-state index contributed by atoms with van der Waals surface area (Å²) < 4.78 is 39.9. The van der Waals surface area contributed by atoms with Crippen molar-refractivity contribution in [3.8, 4) is 17.0 Å². The fraction of sp³-hybridized carbons (Fsp3) is 0.250. The molecule has 13 heteroatoms. The van der Waals surface area contributed by atoms with Gasteiger partial charge in [-0.25, -0.2) is 0 Å². The number of hydrazone groups is 1. The van der Waals surface area contributed by atoms with Gasteiger partial charge in [-0.15, -0.1) is 0 Å². The van der Waals surface area contributed by atoms with Crippen molar-refractivity contribution in [2.24, 2.45) is 12.1 Å². The van der Waals surface area contributed by atoms with Crippen molar-refractivity contribution >= 4 is 46.2 Å². The first kappa shape index (κ1) is 27.9. The predicted molar refractivity (Wildman–Crippen MR) is 141 cm³/mol. The van der Waals surface area contributed by atoms with E-state index in [4.69, 9.17) is 23.8 Å². The zero-order valence-electron chi connectivity index (χ0n) is 20.1. The number of hydrogen-bond acceptors (Lipinski definition) is 5. The molecule has 0 atom stereocenters. The summed E-state index contributed by atoms with van der Waals surface area (Å²) in [6.45, 7) is 4.03. The van der Waals surface area contributed by atoms with Gasteiger partial charge in [0.25, 0.3) is 5.91 Å². The molecular formula is C24H24ClF3N6O2S. The number of hydrogen-bond donors (Lipinski definition) is 4. The maximum Gasteiger partial charge on any atom is 0.416 e. The molecule has 1 aromatic heterocycles. The van der Waals surface area contributed by atoms with Gasteiger partial charge in [-0.1, -0.05) is 30.7 Å². The number of nitrogens with one attached hydrogen (secondary N) is 3. The SMILES string of the molecule is CCCNC(=O)c1cc(NC(=S)NN=C(C)c2nn(C)c(-c3ccc(C(F)(F)F)cc3)c2O)ccc1Cl. The second-order valence-corrected chi connectivity index (χ2v) is 8.77. The van der Waals surface area contributed by atoms with Crippen LogP contribution in [0.15, 0.2) is 47.6 Å². The second-order valence-electron chi connectivity index (χ2n) is 7.96. The van der Waals surface area contributed by atoms with Gasteiger partial charge in [0.05, 0.1) is 21.9 Å². The molecule has 3 rings (SSSR count). The molecule has 0 aliphatic rings. The van der Waals surface area contributed by atoms with Crippen LogP contribution in [0.5, 0.6) is 5.75 Å². The third-order valence-corrected chi connectivity index (χ3v) is 5.70. The Bertz CT molecular complexity index is 1340. The topological polar surface area (TPSA) is 104 Å². The summed E-state index contributed by atoms with van der Waals surface area (Å²) in [4.78, 5) is 12.3. The monoisotopic (exact) mass is 552 g/mol. The molecule has 0 saturated heterocycles. The van der Waals surface area contributed by atoms with E-state index in [1.807, 2.05) is 6.92 Å². The number of aromatic nitrogens is 2. The van der Waals surface area contributed by atoms with Crippen LogP contribution in [-0.4, -0.2) is 38.2 Å². The first-order chi connectivity index (χ1) is 17.4. The van der Waals surface area contributed by atoms with Gasteiger partial charge >= 0.3 is 6.18 Å². The normalized spacial score (nSPS) is 11.8. The molecule has 0 bridgehead atoms. The van der Waals surface area contributed by atoms with E-state index >= 15 is 0 Å². The lowest BCUT2D eigenvalue weighted by Gasteiger charge is -2.11. The summed E-state index contributed by atoms with van der Waals surface area (Å²) in [5.74, 6) is -0.553. The smallest absolute Gasteiger partial charge is 0.416 e. The maximum atomic E-state index is 12.9. The van der Waals surface area contributed by atoms with Crippen LogP contribution in [0, 0.1) is 0 Å². The van der Waals surface area contributed by atoms with E-state index in [0.717, 1.165) is 18.6 Å². The number of alkyl halides is 3. The Kier molecular flexibility index (Phi) is 8.77. The fourth-order valence-corrected chi connectivity index (χ4v) is 3.72. The van der Waals surface area contributed by atoms with E-state index in [2.05, 4.69) is 26.3 Å². The summed E-state index contributed by atoms with van der Waals surface area (Å²) in [6.07, 6.45) is -3.68. The number of halogens is 4. The highest BCUT2D eigenvalue weighted by Gasteiger charge is 2.30. The van der Waals surface area contributed by atoms with E-state index in [9.17, 15) is 23.1 Å². The quantitative estimate of drug-likeness (QED) is 0.180. The van der Waals surface area contributed by atoms with Gasteiger partial charge in [0.1, 0.15) is 5.69 Å². The summed E-state index contributed by atoms with van der Waals surface area (Å²) in [5, 5.41) is 25.1. The molecular weight excluding hydrogens is 529 g/mol. The molecule has 1 amide bonds. The number of aromatic hydroxyl groups is 1. The van der Waals surface area contributed by atoms with Crippen LogP contribution in [0.1, 0.15) is 41.9 Å². The van der Waals surface area contributed by atoms with Gasteiger partial charge in [-0.2, -0.15) is 23.4 Å². The van der Waals surface area contributed by atoms with Crippen LogP contribution < -0.4 is 16.1 Å². The lowest BCUT2D eigenvalue weighted by molar-refractivity contribution is -0.137. The van der Waals surface area contributed by atoms with Crippen LogP contribution >= 0.6 is 23.8 Å². The fourth-order valence-electron chi connectivity index (χ4n) is 3.35. The van der Waals surface area contributed by atoms with Gasteiger partial charge in [-0.05, 0) is 55.9 Å². The first-order valence-corrected chi connectivity index (χ1v) is 11.8. The molecule has 0 radical (unpaired) electrons. The van der Waals surface area contributed by atoms with Crippen molar-refractivity contribution in [3.63, 3.8) is 0 Å². The minimum Gasteiger partial charge on any atom is -0.504 e. The predicted octanol–water partition coefficient (Wildman–Crippen LogP) is 5.32. The lowest BCUT2D eigenvalue weighted by atomic mass is 10.1. The molecule has 8 nitrogen and oxygen atoms in total. The standard InChI is InChI=1S/C24H24ClF3N6O2S/c1-4-11-29-22(36)17-12-16(9-10-18(17)25)30-23(37)32-31-13(2)19-21(35)20(34(3)33-19)14-5-7-15(8-6-14)24(26,27)28/h5-10,12,35H,4,11H2,1-3H3,(H,29,36)(H2,30,32,37). The highest BCUT2D eigenvalue weighted by Crippen LogP contribution is 2.35. The summed E-state index contributed by atoms with van der Waals surface area (Å²) in [5.41, 5.74) is 3.60. The first-order valence-electron chi connectivity index (χ1n) is 11.0. The van der Waals surface area contributed by atoms with Gasteiger partial charge in [0, 0.05) is 24.8 Å². The van der Waals surface area contributed by atoms with Gasteiger partial charge in [0.2, 0.25) is 0 Å². The van der Waals surface area contributed by atoms with Crippen LogP contribution in [0.4, 0.5) is 18.9 Å². The number of carbonyl (C=O) groups excluding carboxylic acids is 1. The van der Waals surface area contributed by atoms with Crippen molar-refractivity contribution < 1.29 is 23.1 Å². The van der Waals surface area contributed by atoms with Gasteiger partial charge in [0.15, 0.2) is 16.6 Å². The van der Waals surface area contributed by atoms with E-state index in [0.29, 0.717) is 22.8 Å². The zero-order valence-corrected chi connectivity index (χ0v) is 21.6. The molecule has 196 valence electrons. The highest BCUT2D eigenvalue weighted by atomic mass is 35.5. The van der Waals surface area contributed by atoms with Crippen LogP contribution in [0.3, 0.4) is 0 Å². The van der Waals surface area contributed by atoms with E-state index in [-0.39, 0.29) is 39.4 Å². The minimum atomic E-state index is -4.46. The number of anilines is 1. The Balaban J connectivity index is 1.73. The van der Waals surface area contributed by atoms with Gasteiger partial charge < -0.3 is 15.7 Å². The number of aryl methyl sites for hydroxylation is 1. The molecule has 0 aliphatic heterocycles. The molecule has 3 aromatic rings. The summed E-state index contributed by atoms with van der Waals surface area (Å²) in [7, 11) is 1.55. The number of thiocarbonyl (C=S) groups is 1.